The van der Waals surface area contributed by atoms with E-state index >= 15 is 0 Å². The largest absolute Gasteiger partial charge is 0.493 e. The first-order valence-electron chi connectivity index (χ1n) is 17.3. The minimum absolute atomic E-state index is 0.159. The van der Waals surface area contributed by atoms with E-state index < -0.39 is 0 Å². The van der Waals surface area contributed by atoms with Crippen LogP contribution in [0.4, 0.5) is 5.69 Å². The number of anilines is 1. The summed E-state index contributed by atoms with van der Waals surface area (Å²) in [7, 11) is 4.92. The van der Waals surface area contributed by atoms with Gasteiger partial charge in [0, 0.05) is 37.9 Å². The van der Waals surface area contributed by atoms with Crippen LogP contribution in [0.15, 0.2) is 113 Å². The molecule has 0 fully saturated rings. The number of rotatable bonds is 9. The molecule has 2 heterocycles. The van der Waals surface area contributed by atoms with Crippen LogP contribution in [0.25, 0.3) is 22.9 Å². The number of nitrogens with one attached hydrogen (secondary N) is 2. The lowest BCUT2D eigenvalue weighted by Crippen LogP contribution is -2.52. The van der Waals surface area contributed by atoms with Crippen LogP contribution in [0.2, 0.25) is 0 Å². The highest BCUT2D eigenvalue weighted by molar-refractivity contribution is 6.04. The highest BCUT2D eigenvalue weighted by atomic mass is 16.5. The molecule has 1 aromatic heterocycles. The summed E-state index contributed by atoms with van der Waals surface area (Å²) in [5.41, 5.74) is 5.75. The monoisotopic (exact) mass is 692 g/mol. The summed E-state index contributed by atoms with van der Waals surface area (Å²) in [5, 5.41) is 5.53. The minimum atomic E-state index is -0.372. The van der Waals surface area contributed by atoms with E-state index in [0.29, 0.717) is 16.8 Å². The molecule has 1 amide bonds. The Balaban J connectivity index is 0.975. The second-order valence-electron chi connectivity index (χ2n) is 13.0. The maximum atomic E-state index is 13.2. The number of aromatic nitrogens is 2. The topological polar surface area (TPSA) is 106 Å². The number of fused-ring (bicyclic) bond motifs is 2. The van der Waals surface area contributed by atoms with Crippen LogP contribution in [-0.4, -0.2) is 47.7 Å². The molecule has 1 aliphatic rings. The Labute approximate surface area is 301 Å². The zero-order valence-corrected chi connectivity index (χ0v) is 29.4. The van der Waals surface area contributed by atoms with Crippen molar-refractivity contribution in [2.45, 2.75) is 19.4 Å². The van der Waals surface area contributed by atoms with Crippen LogP contribution in [-0.2, 0) is 26.4 Å². The van der Waals surface area contributed by atoms with Crippen molar-refractivity contribution in [3.05, 3.63) is 168 Å². The number of benzene rings is 5. The molecule has 0 aliphatic carbocycles. The summed E-state index contributed by atoms with van der Waals surface area (Å²) in [6.07, 6.45) is 5.19. The molecule has 5 aromatic carbocycles. The van der Waals surface area contributed by atoms with Gasteiger partial charge >= 0.3 is 0 Å². The van der Waals surface area contributed by atoms with Gasteiger partial charge in [0.25, 0.3) is 17.0 Å². The Morgan fingerprint density at radius 2 is 1.50 bits per heavy atom. The molecule has 1 aliphatic heterocycles. The number of aromatic amines is 1. The summed E-state index contributed by atoms with van der Waals surface area (Å²) in [5.74, 6) is 1.29. The molecule has 0 saturated heterocycles. The molecule has 0 atom stereocenters. The molecule has 9 heteroatoms. The average Bonchev–Trinajstić information content (AvgIpc) is 3.17. The van der Waals surface area contributed by atoms with Crippen LogP contribution in [0.1, 0.15) is 38.2 Å². The number of amides is 1. The minimum Gasteiger partial charge on any atom is -0.493 e. The summed E-state index contributed by atoms with van der Waals surface area (Å²) < 4.78 is 12.3. The van der Waals surface area contributed by atoms with Gasteiger partial charge in [0.15, 0.2) is 11.5 Å². The Hall–Kier alpha value is -6.19. The molecule has 0 spiro atoms. The standard InChI is InChI=1S/C43H40N4O5/c1-46-38(24-30-10-13-31-6-4-5-7-33(31)22-30)42(49)45-37(43(46)50)23-29-8-14-32(15-9-29)41(48)44-36-16-11-28(12-17-36)18-20-47-21-19-34-25-39(51-2)40(52-3)26-35(34)27-47/h4-17,22-26H,18-21,27H2,1-3H3,(H,44,48)(H,45,49). The van der Waals surface area contributed by atoms with Crippen LogP contribution in [0.5, 0.6) is 11.5 Å². The number of hydrogen-bond donors (Lipinski definition) is 2. The first kappa shape index (κ1) is 34.3. The van der Waals surface area contributed by atoms with Crippen LogP contribution in [0, 0.1) is 0 Å². The second-order valence-corrected chi connectivity index (χ2v) is 13.0. The van der Waals surface area contributed by atoms with Crippen molar-refractivity contribution in [1.82, 2.24) is 14.5 Å². The molecule has 0 radical (unpaired) electrons. The molecule has 0 bridgehead atoms. The summed E-state index contributed by atoms with van der Waals surface area (Å²) in [6.45, 7) is 2.78. The van der Waals surface area contributed by atoms with Gasteiger partial charge in [0.1, 0.15) is 10.7 Å². The van der Waals surface area contributed by atoms with Crippen LogP contribution < -0.4 is 36.6 Å². The van der Waals surface area contributed by atoms with Crippen molar-refractivity contribution in [3.8, 4) is 11.5 Å². The molecule has 52 heavy (non-hydrogen) atoms. The van der Waals surface area contributed by atoms with Gasteiger partial charge in [-0.05, 0) is 106 Å². The van der Waals surface area contributed by atoms with E-state index in [1.165, 1.54) is 21.3 Å². The zero-order valence-electron chi connectivity index (χ0n) is 29.4. The maximum Gasteiger partial charge on any atom is 0.274 e. The number of nitrogens with zero attached hydrogens (tertiary/aromatic N) is 2. The third-order valence-electron chi connectivity index (χ3n) is 9.66. The van der Waals surface area contributed by atoms with Crippen LogP contribution in [0.3, 0.4) is 0 Å². The van der Waals surface area contributed by atoms with Gasteiger partial charge in [-0.15, -0.1) is 0 Å². The van der Waals surface area contributed by atoms with Crippen molar-refractivity contribution in [3.63, 3.8) is 0 Å². The number of hydrogen-bond acceptors (Lipinski definition) is 6. The Morgan fingerprint density at radius 1 is 0.808 bits per heavy atom. The smallest absolute Gasteiger partial charge is 0.274 e. The Morgan fingerprint density at radius 3 is 2.23 bits per heavy atom. The van der Waals surface area contributed by atoms with E-state index in [4.69, 9.17) is 9.47 Å². The quantitative estimate of drug-likeness (QED) is 0.227. The van der Waals surface area contributed by atoms with Crippen molar-refractivity contribution < 1.29 is 14.3 Å². The zero-order chi connectivity index (χ0) is 36.2. The molecule has 0 saturated carbocycles. The van der Waals surface area contributed by atoms with Gasteiger partial charge < -0.3 is 24.3 Å². The van der Waals surface area contributed by atoms with Gasteiger partial charge in [-0.1, -0.05) is 60.7 Å². The number of ether oxygens (including phenoxy) is 2. The molecular formula is C43H40N4O5. The van der Waals surface area contributed by atoms with Gasteiger partial charge in [0.2, 0.25) is 0 Å². The van der Waals surface area contributed by atoms with E-state index in [1.54, 1.807) is 57.7 Å². The lowest BCUT2D eigenvalue weighted by Gasteiger charge is -2.29. The molecule has 2 N–H and O–H groups in total. The summed E-state index contributed by atoms with van der Waals surface area (Å²) in [6, 6.07) is 32.9. The number of carbonyl (C=O) groups is 1. The molecule has 6 aromatic rings. The molecule has 262 valence electrons. The van der Waals surface area contributed by atoms with E-state index in [2.05, 4.69) is 27.3 Å². The fraction of sp³-hybridized carbons (Fsp3) is 0.186. The lowest BCUT2D eigenvalue weighted by molar-refractivity contribution is 0.102. The maximum absolute atomic E-state index is 13.2. The highest BCUT2D eigenvalue weighted by Crippen LogP contribution is 2.33. The first-order chi connectivity index (χ1) is 25.3. The van der Waals surface area contributed by atoms with Crippen molar-refractivity contribution >= 4 is 34.5 Å². The SMILES string of the molecule is COc1cc2c(cc1OC)CN(CCc1ccc(NC(=O)c3ccc(C=c4[nH]c(=O)c(=Cc5ccc6ccccc6c5)n(C)c4=O)cc3)cc1)CC2. The second kappa shape index (κ2) is 15.0. The van der Waals surface area contributed by atoms with Crippen LogP contribution >= 0.6 is 0 Å². The third-order valence-corrected chi connectivity index (χ3v) is 9.66. The van der Waals surface area contributed by atoms with Crippen molar-refractivity contribution in [2.24, 2.45) is 7.05 Å². The molecule has 0 unspecified atom stereocenters. The van der Waals surface area contributed by atoms with Gasteiger partial charge in [-0.25, -0.2) is 0 Å². The van der Waals surface area contributed by atoms with E-state index in [9.17, 15) is 14.4 Å². The predicted octanol–water partition coefficient (Wildman–Crippen LogP) is 4.75. The van der Waals surface area contributed by atoms with Gasteiger partial charge in [-0.2, -0.15) is 0 Å². The van der Waals surface area contributed by atoms with Gasteiger partial charge in [-0.3, -0.25) is 19.3 Å². The number of carbonyl (C=O) groups excluding carboxylic acids is 1. The van der Waals surface area contributed by atoms with E-state index in [0.717, 1.165) is 60.3 Å². The summed E-state index contributed by atoms with van der Waals surface area (Å²) >= 11 is 0. The molecule has 9 nitrogen and oxygen atoms in total. The van der Waals surface area contributed by atoms with Crippen molar-refractivity contribution in [1.29, 1.82) is 0 Å². The predicted molar refractivity (Wildman–Crippen MR) is 206 cm³/mol. The molecular weight excluding hydrogens is 652 g/mol. The Bertz CT molecular complexity index is 2520. The average molecular weight is 693 g/mol. The number of H-pyrrole nitrogens is 1. The first-order valence-corrected chi connectivity index (χ1v) is 17.3. The Kier molecular flexibility index (Phi) is 9.86. The van der Waals surface area contributed by atoms with Gasteiger partial charge in [0.05, 0.1) is 14.2 Å². The highest BCUT2D eigenvalue weighted by Gasteiger charge is 2.19. The fourth-order valence-corrected chi connectivity index (χ4v) is 6.67. The fourth-order valence-electron chi connectivity index (χ4n) is 6.67. The number of methoxy groups -OCH3 is 2. The molecule has 7 rings (SSSR count). The van der Waals surface area contributed by atoms with Crippen molar-refractivity contribution in [2.75, 3.05) is 32.6 Å². The summed E-state index contributed by atoms with van der Waals surface area (Å²) in [4.78, 5) is 44.5. The van der Waals surface area contributed by atoms with E-state index in [-0.39, 0.29) is 27.7 Å². The lowest BCUT2D eigenvalue weighted by atomic mass is 9.98. The third kappa shape index (κ3) is 7.45. The normalized spacial score (nSPS) is 13.6. The van der Waals surface area contributed by atoms with E-state index in [1.807, 2.05) is 66.7 Å².